The molecule has 0 aromatic heterocycles. The molecule has 0 fully saturated rings. The van der Waals surface area contributed by atoms with E-state index < -0.39 is 0 Å². The van der Waals surface area contributed by atoms with Crippen LogP contribution in [0.1, 0.15) is 39.2 Å². The Morgan fingerprint density at radius 2 is 1.95 bits per heavy atom. The minimum atomic E-state index is 0.109. The standard InChI is InChI=1S/C16H26N2OS/c1-4-10-17-11-14-6-8-15(9-7-14)20-12-16(19)18-13(3)5-2/h6-9,13,17H,4-5,10-12H2,1-3H3,(H,18,19). The topological polar surface area (TPSA) is 41.1 Å². The maximum absolute atomic E-state index is 11.7. The summed E-state index contributed by atoms with van der Waals surface area (Å²) in [6.45, 7) is 8.22. The van der Waals surface area contributed by atoms with Crippen molar-refractivity contribution in [2.24, 2.45) is 0 Å². The Labute approximate surface area is 126 Å². The van der Waals surface area contributed by atoms with E-state index in [1.807, 2.05) is 6.92 Å². The summed E-state index contributed by atoms with van der Waals surface area (Å²) < 4.78 is 0. The van der Waals surface area contributed by atoms with Crippen LogP contribution in [0.2, 0.25) is 0 Å². The van der Waals surface area contributed by atoms with Crippen LogP contribution < -0.4 is 10.6 Å². The van der Waals surface area contributed by atoms with Crippen LogP contribution in [0, 0.1) is 0 Å². The van der Waals surface area contributed by atoms with Gasteiger partial charge in [-0.15, -0.1) is 11.8 Å². The molecule has 0 aliphatic rings. The van der Waals surface area contributed by atoms with Crippen molar-refractivity contribution in [2.75, 3.05) is 12.3 Å². The van der Waals surface area contributed by atoms with Crippen molar-refractivity contribution in [3.05, 3.63) is 29.8 Å². The summed E-state index contributed by atoms with van der Waals surface area (Å²) in [4.78, 5) is 12.8. The summed E-state index contributed by atoms with van der Waals surface area (Å²) in [7, 11) is 0. The number of carbonyl (C=O) groups is 1. The number of nitrogens with one attached hydrogen (secondary N) is 2. The molecule has 112 valence electrons. The van der Waals surface area contributed by atoms with Gasteiger partial charge in [-0.25, -0.2) is 0 Å². The third-order valence-electron chi connectivity index (χ3n) is 3.07. The Kier molecular flexibility index (Phi) is 8.38. The monoisotopic (exact) mass is 294 g/mol. The first-order valence-corrected chi connectivity index (χ1v) is 8.36. The van der Waals surface area contributed by atoms with E-state index in [1.54, 1.807) is 11.8 Å². The molecule has 1 aromatic carbocycles. The Morgan fingerprint density at radius 1 is 1.25 bits per heavy atom. The SMILES string of the molecule is CCCNCc1ccc(SCC(=O)NC(C)CC)cc1. The predicted molar refractivity (Wildman–Crippen MR) is 87.1 cm³/mol. The number of carbonyl (C=O) groups excluding carboxylic acids is 1. The zero-order valence-corrected chi connectivity index (χ0v) is 13.6. The van der Waals surface area contributed by atoms with Crippen LogP contribution in [-0.4, -0.2) is 24.2 Å². The Balaban J connectivity index is 2.32. The molecule has 0 heterocycles. The van der Waals surface area contributed by atoms with Crippen LogP contribution in [-0.2, 0) is 11.3 Å². The molecule has 3 nitrogen and oxygen atoms in total. The van der Waals surface area contributed by atoms with Crippen LogP contribution in [0.25, 0.3) is 0 Å². The van der Waals surface area contributed by atoms with Gasteiger partial charge in [0, 0.05) is 17.5 Å². The van der Waals surface area contributed by atoms with E-state index in [0.29, 0.717) is 5.75 Å². The van der Waals surface area contributed by atoms with Gasteiger partial charge in [-0.05, 0) is 44.0 Å². The average molecular weight is 294 g/mol. The largest absolute Gasteiger partial charge is 0.353 e. The summed E-state index contributed by atoms with van der Waals surface area (Å²) in [6, 6.07) is 8.68. The zero-order chi connectivity index (χ0) is 14.8. The second-order valence-corrected chi connectivity index (χ2v) is 6.03. The van der Waals surface area contributed by atoms with Gasteiger partial charge < -0.3 is 10.6 Å². The highest BCUT2D eigenvalue weighted by molar-refractivity contribution is 8.00. The summed E-state index contributed by atoms with van der Waals surface area (Å²) in [5.74, 6) is 0.593. The van der Waals surface area contributed by atoms with Gasteiger partial charge in [0.15, 0.2) is 0 Å². The number of benzene rings is 1. The summed E-state index contributed by atoms with van der Waals surface area (Å²) >= 11 is 1.59. The third-order valence-corrected chi connectivity index (χ3v) is 4.08. The Morgan fingerprint density at radius 3 is 2.55 bits per heavy atom. The molecule has 2 N–H and O–H groups in total. The van der Waals surface area contributed by atoms with Crippen molar-refractivity contribution in [2.45, 2.75) is 51.1 Å². The number of thioether (sulfide) groups is 1. The zero-order valence-electron chi connectivity index (χ0n) is 12.7. The van der Waals surface area contributed by atoms with Crippen molar-refractivity contribution in [1.29, 1.82) is 0 Å². The van der Waals surface area contributed by atoms with E-state index in [9.17, 15) is 4.79 Å². The minimum absolute atomic E-state index is 0.109. The van der Waals surface area contributed by atoms with Gasteiger partial charge in [-0.2, -0.15) is 0 Å². The van der Waals surface area contributed by atoms with Gasteiger partial charge in [-0.1, -0.05) is 26.0 Å². The number of hydrogen-bond acceptors (Lipinski definition) is 3. The molecular weight excluding hydrogens is 268 g/mol. The van der Waals surface area contributed by atoms with Crippen molar-refractivity contribution >= 4 is 17.7 Å². The lowest BCUT2D eigenvalue weighted by Crippen LogP contribution is -2.33. The van der Waals surface area contributed by atoms with Gasteiger partial charge >= 0.3 is 0 Å². The summed E-state index contributed by atoms with van der Waals surface area (Å²) in [5, 5.41) is 6.35. The normalized spacial score (nSPS) is 12.2. The second-order valence-electron chi connectivity index (χ2n) is 4.99. The summed E-state index contributed by atoms with van der Waals surface area (Å²) in [5.41, 5.74) is 1.28. The van der Waals surface area contributed by atoms with Gasteiger partial charge in [0.1, 0.15) is 0 Å². The van der Waals surface area contributed by atoms with Crippen LogP contribution in [0.3, 0.4) is 0 Å². The smallest absolute Gasteiger partial charge is 0.230 e. The quantitative estimate of drug-likeness (QED) is 0.543. The molecule has 0 aliphatic carbocycles. The lowest BCUT2D eigenvalue weighted by atomic mass is 10.2. The van der Waals surface area contributed by atoms with Gasteiger partial charge in [0.2, 0.25) is 5.91 Å². The van der Waals surface area contributed by atoms with E-state index in [0.717, 1.165) is 30.8 Å². The van der Waals surface area contributed by atoms with Crippen molar-refractivity contribution in [1.82, 2.24) is 10.6 Å². The fourth-order valence-corrected chi connectivity index (χ4v) is 2.39. The minimum Gasteiger partial charge on any atom is -0.353 e. The predicted octanol–water partition coefficient (Wildman–Crippen LogP) is 3.19. The molecule has 0 saturated heterocycles. The first kappa shape index (κ1) is 17.1. The van der Waals surface area contributed by atoms with Crippen LogP contribution in [0.5, 0.6) is 0 Å². The van der Waals surface area contributed by atoms with Crippen molar-refractivity contribution < 1.29 is 4.79 Å². The third kappa shape index (κ3) is 6.96. The Bertz CT molecular complexity index is 392. The molecule has 1 unspecified atom stereocenters. The van der Waals surface area contributed by atoms with E-state index in [4.69, 9.17) is 0 Å². The molecule has 1 rings (SSSR count). The molecule has 0 saturated carbocycles. The highest BCUT2D eigenvalue weighted by Gasteiger charge is 2.06. The van der Waals surface area contributed by atoms with Crippen LogP contribution in [0.4, 0.5) is 0 Å². The maximum atomic E-state index is 11.7. The van der Waals surface area contributed by atoms with Crippen LogP contribution in [0.15, 0.2) is 29.2 Å². The first-order chi connectivity index (χ1) is 9.65. The molecule has 0 radical (unpaired) electrons. The molecule has 20 heavy (non-hydrogen) atoms. The lowest BCUT2D eigenvalue weighted by molar-refractivity contribution is -0.119. The molecule has 0 aliphatic heterocycles. The fourth-order valence-electron chi connectivity index (χ4n) is 1.68. The van der Waals surface area contributed by atoms with Gasteiger partial charge in [0.05, 0.1) is 5.75 Å². The van der Waals surface area contributed by atoms with Gasteiger partial charge in [-0.3, -0.25) is 4.79 Å². The molecule has 1 amide bonds. The average Bonchev–Trinajstić information content (AvgIpc) is 2.46. The lowest BCUT2D eigenvalue weighted by Gasteiger charge is -2.11. The van der Waals surface area contributed by atoms with Gasteiger partial charge in [0.25, 0.3) is 0 Å². The maximum Gasteiger partial charge on any atom is 0.230 e. The highest BCUT2D eigenvalue weighted by atomic mass is 32.2. The molecular formula is C16H26N2OS. The van der Waals surface area contributed by atoms with Crippen molar-refractivity contribution in [3.8, 4) is 0 Å². The Hall–Kier alpha value is -1.00. The highest BCUT2D eigenvalue weighted by Crippen LogP contribution is 2.18. The molecule has 0 spiro atoms. The number of amides is 1. The fraction of sp³-hybridized carbons (Fsp3) is 0.562. The van der Waals surface area contributed by atoms with E-state index in [2.05, 4.69) is 48.7 Å². The second kappa shape index (κ2) is 9.83. The van der Waals surface area contributed by atoms with E-state index in [1.165, 1.54) is 5.56 Å². The molecule has 1 atom stereocenters. The molecule has 1 aromatic rings. The van der Waals surface area contributed by atoms with E-state index in [-0.39, 0.29) is 11.9 Å². The number of hydrogen-bond donors (Lipinski definition) is 2. The first-order valence-electron chi connectivity index (χ1n) is 7.37. The summed E-state index contributed by atoms with van der Waals surface area (Å²) in [6.07, 6.45) is 2.12. The molecule has 4 heteroatoms. The van der Waals surface area contributed by atoms with Crippen molar-refractivity contribution in [3.63, 3.8) is 0 Å². The van der Waals surface area contributed by atoms with Crippen LogP contribution >= 0.6 is 11.8 Å². The van der Waals surface area contributed by atoms with E-state index >= 15 is 0 Å². The molecule has 0 bridgehead atoms. The number of rotatable bonds is 9.